The van der Waals surface area contributed by atoms with E-state index >= 15 is 0 Å². The number of nitrogens with one attached hydrogen (secondary N) is 1. The summed E-state index contributed by atoms with van der Waals surface area (Å²) in [6.07, 6.45) is 0.279. The number of nitrogens with two attached hydrogens (primary N) is 1. The highest BCUT2D eigenvalue weighted by Crippen LogP contribution is 2.10. The summed E-state index contributed by atoms with van der Waals surface area (Å²) in [5.74, 6) is -0.0667. The number of carbonyl (C=O) groups excluding carboxylic acids is 1. The number of nitrogens with zero attached hydrogens (tertiary/aromatic N) is 1. The first-order chi connectivity index (χ1) is 9.56. The van der Waals surface area contributed by atoms with Gasteiger partial charge < -0.3 is 11.1 Å². The predicted molar refractivity (Wildman–Crippen MR) is 80.4 cm³/mol. The van der Waals surface area contributed by atoms with Gasteiger partial charge in [0.1, 0.15) is 0 Å². The van der Waals surface area contributed by atoms with Crippen LogP contribution in [0.15, 0.2) is 36.4 Å². The second-order valence-corrected chi connectivity index (χ2v) is 4.90. The summed E-state index contributed by atoms with van der Waals surface area (Å²) in [5.41, 5.74) is 10.2. The Balaban J connectivity index is 2.01. The fourth-order valence-electron chi connectivity index (χ4n) is 2.11. The molecule has 3 N–H and O–H groups in total. The lowest BCUT2D eigenvalue weighted by molar-refractivity contribution is -0.115. The van der Waals surface area contributed by atoms with Gasteiger partial charge in [-0.1, -0.05) is 12.1 Å². The van der Waals surface area contributed by atoms with Crippen LogP contribution in [-0.2, 0) is 17.8 Å². The molecular formula is C16H19N3O. The van der Waals surface area contributed by atoms with Crippen molar-refractivity contribution in [2.24, 2.45) is 5.73 Å². The summed E-state index contributed by atoms with van der Waals surface area (Å²) in [6.45, 7) is 4.43. The average molecular weight is 269 g/mol. The van der Waals surface area contributed by atoms with Gasteiger partial charge in [0.15, 0.2) is 0 Å². The van der Waals surface area contributed by atoms with Crippen LogP contribution < -0.4 is 11.1 Å². The maximum atomic E-state index is 12.0. The monoisotopic (exact) mass is 269 g/mol. The van der Waals surface area contributed by atoms with Crippen LogP contribution in [0.5, 0.6) is 0 Å². The lowest BCUT2D eigenvalue weighted by Gasteiger charge is -2.07. The van der Waals surface area contributed by atoms with Crippen molar-refractivity contribution in [3.05, 3.63) is 58.9 Å². The van der Waals surface area contributed by atoms with E-state index in [2.05, 4.69) is 10.3 Å². The first-order valence-corrected chi connectivity index (χ1v) is 6.60. The van der Waals surface area contributed by atoms with Crippen molar-refractivity contribution in [1.82, 2.24) is 4.98 Å². The Morgan fingerprint density at radius 2 is 1.90 bits per heavy atom. The van der Waals surface area contributed by atoms with Crippen LogP contribution in [-0.4, -0.2) is 10.9 Å². The highest BCUT2D eigenvalue weighted by Gasteiger charge is 2.06. The zero-order chi connectivity index (χ0) is 14.5. The van der Waals surface area contributed by atoms with E-state index in [0.717, 1.165) is 28.2 Å². The third-order valence-corrected chi connectivity index (χ3v) is 2.97. The first-order valence-electron chi connectivity index (χ1n) is 6.60. The van der Waals surface area contributed by atoms with Gasteiger partial charge in [0, 0.05) is 17.9 Å². The summed E-state index contributed by atoms with van der Waals surface area (Å²) >= 11 is 0. The largest absolute Gasteiger partial charge is 0.326 e. The van der Waals surface area contributed by atoms with E-state index in [4.69, 9.17) is 5.73 Å². The Morgan fingerprint density at radius 1 is 1.20 bits per heavy atom. The molecule has 2 aromatic rings. The molecule has 0 spiro atoms. The predicted octanol–water partition coefficient (Wildman–Crippen LogP) is 2.34. The van der Waals surface area contributed by atoms with Gasteiger partial charge in [0.05, 0.1) is 12.1 Å². The molecule has 0 aliphatic heterocycles. The molecule has 0 unspecified atom stereocenters. The van der Waals surface area contributed by atoms with Crippen LogP contribution in [0.4, 0.5) is 5.69 Å². The molecule has 1 amide bonds. The van der Waals surface area contributed by atoms with Gasteiger partial charge >= 0.3 is 0 Å². The van der Waals surface area contributed by atoms with E-state index in [0.29, 0.717) is 6.54 Å². The maximum absolute atomic E-state index is 12.0. The zero-order valence-corrected chi connectivity index (χ0v) is 11.8. The molecule has 4 nitrogen and oxygen atoms in total. The van der Waals surface area contributed by atoms with Crippen LogP contribution in [0.3, 0.4) is 0 Å². The summed E-state index contributed by atoms with van der Waals surface area (Å²) in [4.78, 5) is 16.3. The lowest BCUT2D eigenvalue weighted by Crippen LogP contribution is -2.15. The molecule has 0 radical (unpaired) electrons. The lowest BCUT2D eigenvalue weighted by atomic mass is 10.1. The molecule has 0 bridgehead atoms. The number of hydrogen-bond acceptors (Lipinski definition) is 3. The van der Waals surface area contributed by atoms with Crippen molar-refractivity contribution >= 4 is 11.6 Å². The number of aryl methyl sites for hydroxylation is 2. The highest BCUT2D eigenvalue weighted by atomic mass is 16.1. The summed E-state index contributed by atoms with van der Waals surface area (Å²) in [7, 11) is 0. The van der Waals surface area contributed by atoms with Gasteiger partial charge in [0.25, 0.3) is 0 Å². The number of anilines is 1. The van der Waals surface area contributed by atoms with Crippen LogP contribution in [0.1, 0.15) is 22.5 Å². The van der Waals surface area contributed by atoms with Gasteiger partial charge in [-0.3, -0.25) is 9.78 Å². The minimum Gasteiger partial charge on any atom is -0.326 e. The second-order valence-electron chi connectivity index (χ2n) is 4.90. The molecule has 2 rings (SSSR count). The van der Waals surface area contributed by atoms with Crippen molar-refractivity contribution in [3.8, 4) is 0 Å². The van der Waals surface area contributed by atoms with E-state index in [9.17, 15) is 4.79 Å². The molecule has 4 heteroatoms. The quantitative estimate of drug-likeness (QED) is 0.895. The van der Waals surface area contributed by atoms with Crippen molar-refractivity contribution in [3.63, 3.8) is 0 Å². The van der Waals surface area contributed by atoms with Crippen molar-refractivity contribution < 1.29 is 4.79 Å². The van der Waals surface area contributed by atoms with Crippen LogP contribution in [0, 0.1) is 13.8 Å². The van der Waals surface area contributed by atoms with Crippen molar-refractivity contribution in [2.75, 3.05) is 5.32 Å². The van der Waals surface area contributed by atoms with Crippen LogP contribution in [0.25, 0.3) is 0 Å². The number of carbonyl (C=O) groups is 1. The normalized spacial score (nSPS) is 10.3. The van der Waals surface area contributed by atoms with Gasteiger partial charge in [-0.2, -0.15) is 0 Å². The molecule has 0 saturated carbocycles. The average Bonchev–Trinajstić information content (AvgIpc) is 2.38. The number of hydrogen-bond donors (Lipinski definition) is 2. The molecule has 1 heterocycles. The number of pyridine rings is 1. The van der Waals surface area contributed by atoms with Gasteiger partial charge in [-0.25, -0.2) is 0 Å². The number of aromatic nitrogens is 1. The van der Waals surface area contributed by atoms with Gasteiger partial charge in [-0.05, 0) is 49.2 Å². The number of rotatable bonds is 4. The maximum Gasteiger partial charge on any atom is 0.230 e. The Morgan fingerprint density at radius 3 is 2.50 bits per heavy atom. The topological polar surface area (TPSA) is 68.0 Å². The minimum absolute atomic E-state index is 0.0667. The summed E-state index contributed by atoms with van der Waals surface area (Å²) in [6, 6.07) is 11.5. The van der Waals surface area contributed by atoms with Crippen molar-refractivity contribution in [1.29, 1.82) is 0 Å². The fraction of sp³-hybridized carbons (Fsp3) is 0.250. The summed E-state index contributed by atoms with van der Waals surface area (Å²) < 4.78 is 0. The first kappa shape index (κ1) is 14.2. The Kier molecular flexibility index (Phi) is 4.48. The number of amides is 1. The van der Waals surface area contributed by atoms with Crippen molar-refractivity contribution in [2.45, 2.75) is 26.8 Å². The smallest absolute Gasteiger partial charge is 0.230 e. The molecule has 20 heavy (non-hydrogen) atoms. The molecule has 0 aliphatic rings. The summed E-state index contributed by atoms with van der Waals surface area (Å²) in [5, 5.41) is 2.86. The molecular weight excluding hydrogens is 250 g/mol. The highest BCUT2D eigenvalue weighted by molar-refractivity contribution is 5.92. The fourth-order valence-corrected chi connectivity index (χ4v) is 2.11. The third kappa shape index (κ3) is 3.90. The van der Waals surface area contributed by atoms with E-state index in [1.54, 1.807) is 0 Å². The van der Waals surface area contributed by atoms with E-state index < -0.39 is 0 Å². The van der Waals surface area contributed by atoms with E-state index in [1.165, 1.54) is 0 Å². The molecule has 0 atom stereocenters. The molecule has 1 aromatic carbocycles. The number of benzene rings is 1. The Hall–Kier alpha value is -2.20. The zero-order valence-electron chi connectivity index (χ0n) is 11.8. The minimum atomic E-state index is -0.0667. The molecule has 104 valence electrons. The Bertz CT molecular complexity index is 585. The third-order valence-electron chi connectivity index (χ3n) is 2.97. The molecule has 0 aliphatic carbocycles. The van der Waals surface area contributed by atoms with Gasteiger partial charge in [-0.15, -0.1) is 0 Å². The van der Waals surface area contributed by atoms with Crippen LogP contribution >= 0.6 is 0 Å². The standard InChI is InChI=1S/C16H19N3O/c1-11-7-12(2)18-15(8-11)9-16(20)19-14-5-3-13(10-17)4-6-14/h3-8H,9-10,17H2,1-2H3,(H,19,20). The SMILES string of the molecule is Cc1cc(C)nc(CC(=O)Nc2ccc(CN)cc2)c1. The second kappa shape index (κ2) is 6.30. The molecule has 1 aromatic heterocycles. The molecule has 0 saturated heterocycles. The van der Waals surface area contributed by atoms with Gasteiger partial charge in [0.2, 0.25) is 5.91 Å². The van der Waals surface area contributed by atoms with Crippen LogP contribution in [0.2, 0.25) is 0 Å². The Labute approximate surface area is 119 Å². The van der Waals surface area contributed by atoms with E-state index in [-0.39, 0.29) is 12.3 Å². The molecule has 0 fully saturated rings. The van der Waals surface area contributed by atoms with E-state index in [1.807, 2.05) is 50.2 Å².